The van der Waals surface area contributed by atoms with E-state index in [-0.39, 0.29) is 0 Å². The van der Waals surface area contributed by atoms with Crippen LogP contribution in [0.3, 0.4) is 0 Å². The van der Waals surface area contributed by atoms with Crippen molar-refractivity contribution >= 4 is 5.65 Å². The van der Waals surface area contributed by atoms with E-state index in [9.17, 15) is 0 Å². The van der Waals surface area contributed by atoms with Crippen molar-refractivity contribution in [1.82, 2.24) is 14.3 Å². The SMILES string of the molecule is C=C(Cc1c(-c2ccc(C)cc2)nc2ccc(C)cn12)N(C)C. The molecule has 0 aliphatic heterocycles. The van der Waals surface area contributed by atoms with Crippen molar-refractivity contribution in [2.24, 2.45) is 0 Å². The second-order valence-electron chi connectivity index (χ2n) is 6.35. The zero-order valence-corrected chi connectivity index (χ0v) is 14.3. The molecule has 3 nitrogen and oxygen atoms in total. The smallest absolute Gasteiger partial charge is 0.137 e. The minimum atomic E-state index is 0.779. The van der Waals surface area contributed by atoms with E-state index >= 15 is 0 Å². The van der Waals surface area contributed by atoms with Gasteiger partial charge in [0.2, 0.25) is 0 Å². The van der Waals surface area contributed by atoms with E-state index < -0.39 is 0 Å². The maximum absolute atomic E-state index is 4.87. The lowest BCUT2D eigenvalue weighted by atomic mass is 10.1. The van der Waals surface area contributed by atoms with Crippen LogP contribution in [-0.2, 0) is 6.42 Å². The van der Waals surface area contributed by atoms with Gasteiger partial charge in [-0.05, 0) is 25.5 Å². The number of benzene rings is 1. The summed E-state index contributed by atoms with van der Waals surface area (Å²) in [6.07, 6.45) is 2.93. The molecule has 2 aromatic heterocycles. The summed E-state index contributed by atoms with van der Waals surface area (Å²) in [6.45, 7) is 8.40. The van der Waals surface area contributed by atoms with Crippen molar-refractivity contribution in [2.75, 3.05) is 14.1 Å². The van der Waals surface area contributed by atoms with E-state index in [1.54, 1.807) is 0 Å². The Labute approximate surface area is 137 Å². The molecule has 0 aliphatic carbocycles. The molecule has 0 radical (unpaired) electrons. The summed E-state index contributed by atoms with van der Waals surface area (Å²) in [5, 5.41) is 0. The van der Waals surface area contributed by atoms with E-state index in [4.69, 9.17) is 4.98 Å². The molecule has 0 aliphatic rings. The van der Waals surface area contributed by atoms with Crippen molar-refractivity contribution in [2.45, 2.75) is 20.3 Å². The number of nitrogens with zero attached hydrogens (tertiary/aromatic N) is 3. The molecule has 0 saturated heterocycles. The van der Waals surface area contributed by atoms with Crippen LogP contribution >= 0.6 is 0 Å². The number of allylic oxidation sites excluding steroid dienone is 1. The maximum Gasteiger partial charge on any atom is 0.137 e. The molecule has 1 aromatic carbocycles. The lowest BCUT2D eigenvalue weighted by Gasteiger charge is -2.16. The quantitative estimate of drug-likeness (QED) is 0.719. The summed E-state index contributed by atoms with van der Waals surface area (Å²) < 4.78 is 2.19. The van der Waals surface area contributed by atoms with E-state index in [0.717, 1.165) is 29.0 Å². The van der Waals surface area contributed by atoms with Crippen molar-refractivity contribution in [3.63, 3.8) is 0 Å². The van der Waals surface area contributed by atoms with Gasteiger partial charge in [-0.2, -0.15) is 0 Å². The van der Waals surface area contributed by atoms with Gasteiger partial charge in [-0.1, -0.05) is 42.5 Å². The largest absolute Gasteiger partial charge is 0.381 e. The van der Waals surface area contributed by atoms with Crippen molar-refractivity contribution in [1.29, 1.82) is 0 Å². The standard InChI is InChI=1S/C20H23N3/c1-14-6-9-17(10-7-14)20-18(12-16(3)22(4)5)23-13-15(2)8-11-19(23)21-20/h6-11,13H,3,12H2,1-2,4-5H3. The van der Waals surface area contributed by atoms with Crippen LogP contribution in [0.25, 0.3) is 16.9 Å². The highest BCUT2D eigenvalue weighted by molar-refractivity contribution is 5.67. The molecule has 23 heavy (non-hydrogen) atoms. The highest BCUT2D eigenvalue weighted by atomic mass is 15.1. The van der Waals surface area contributed by atoms with Gasteiger partial charge in [0.1, 0.15) is 5.65 Å². The van der Waals surface area contributed by atoms with Gasteiger partial charge in [0.15, 0.2) is 0 Å². The third-order valence-corrected chi connectivity index (χ3v) is 4.19. The van der Waals surface area contributed by atoms with Gasteiger partial charge in [0, 0.05) is 38.0 Å². The minimum Gasteiger partial charge on any atom is -0.381 e. The molecular weight excluding hydrogens is 282 g/mol. The number of pyridine rings is 1. The Hall–Kier alpha value is -2.55. The molecule has 3 rings (SSSR count). The summed E-state index contributed by atoms with van der Waals surface area (Å²) in [4.78, 5) is 6.93. The topological polar surface area (TPSA) is 20.5 Å². The van der Waals surface area contributed by atoms with Crippen molar-refractivity contribution in [3.8, 4) is 11.3 Å². The Morgan fingerprint density at radius 3 is 2.35 bits per heavy atom. The minimum absolute atomic E-state index is 0.779. The van der Waals surface area contributed by atoms with Crippen LogP contribution in [0.5, 0.6) is 0 Å². The first kappa shape index (κ1) is 15.3. The highest BCUT2D eigenvalue weighted by Gasteiger charge is 2.15. The number of aromatic nitrogens is 2. The predicted octanol–water partition coefficient (Wildman–Crippen LogP) is 4.24. The molecule has 0 saturated carbocycles. The molecule has 3 heteroatoms. The molecule has 0 amide bonds. The Kier molecular flexibility index (Phi) is 3.95. The van der Waals surface area contributed by atoms with E-state index in [1.807, 2.05) is 14.1 Å². The third kappa shape index (κ3) is 3.00. The van der Waals surface area contributed by atoms with Crippen molar-refractivity contribution in [3.05, 3.63) is 71.7 Å². The zero-order chi connectivity index (χ0) is 16.6. The number of likely N-dealkylation sites (N-methyl/N-ethyl adjacent to an activating group) is 1. The number of hydrogen-bond acceptors (Lipinski definition) is 2. The molecule has 0 atom stereocenters. The summed E-state index contributed by atoms with van der Waals surface area (Å²) in [5.74, 6) is 0. The van der Waals surface area contributed by atoms with Gasteiger partial charge < -0.3 is 9.30 Å². The average molecular weight is 305 g/mol. The average Bonchev–Trinajstić information content (AvgIpc) is 2.86. The van der Waals surface area contributed by atoms with Crippen LogP contribution in [0.2, 0.25) is 0 Å². The van der Waals surface area contributed by atoms with Crippen LogP contribution in [0.1, 0.15) is 16.8 Å². The zero-order valence-electron chi connectivity index (χ0n) is 14.3. The fourth-order valence-corrected chi connectivity index (χ4v) is 2.66. The molecule has 0 spiro atoms. The summed E-state index contributed by atoms with van der Waals surface area (Å²) in [6, 6.07) is 12.7. The number of rotatable bonds is 4. The lowest BCUT2D eigenvalue weighted by molar-refractivity contribution is 0.499. The van der Waals surface area contributed by atoms with Gasteiger partial charge in [-0.3, -0.25) is 0 Å². The van der Waals surface area contributed by atoms with Gasteiger partial charge in [-0.25, -0.2) is 4.98 Å². The molecule has 118 valence electrons. The van der Waals surface area contributed by atoms with E-state index in [1.165, 1.54) is 16.8 Å². The van der Waals surface area contributed by atoms with Crippen LogP contribution in [0, 0.1) is 13.8 Å². The predicted molar refractivity (Wildman–Crippen MR) is 96.6 cm³/mol. The van der Waals surface area contributed by atoms with Gasteiger partial charge in [0.05, 0.1) is 11.4 Å². The Morgan fingerprint density at radius 1 is 1.04 bits per heavy atom. The molecule has 0 N–H and O–H groups in total. The van der Waals surface area contributed by atoms with E-state index in [0.29, 0.717) is 0 Å². The molecule has 2 heterocycles. The molecule has 0 bridgehead atoms. The fourth-order valence-electron chi connectivity index (χ4n) is 2.66. The van der Waals surface area contributed by atoms with E-state index in [2.05, 4.69) is 72.3 Å². The number of hydrogen-bond donors (Lipinski definition) is 0. The summed E-state index contributed by atoms with van der Waals surface area (Å²) in [7, 11) is 4.06. The molecular formula is C20H23N3. The highest BCUT2D eigenvalue weighted by Crippen LogP contribution is 2.27. The number of aryl methyl sites for hydroxylation is 2. The first-order valence-electron chi connectivity index (χ1n) is 7.85. The van der Waals surface area contributed by atoms with Crippen LogP contribution in [-0.4, -0.2) is 28.4 Å². The van der Waals surface area contributed by atoms with Gasteiger partial charge in [0.25, 0.3) is 0 Å². The molecule has 0 unspecified atom stereocenters. The van der Waals surface area contributed by atoms with Crippen LogP contribution < -0.4 is 0 Å². The summed E-state index contributed by atoms with van der Waals surface area (Å²) in [5.41, 5.74) is 7.91. The van der Waals surface area contributed by atoms with Gasteiger partial charge >= 0.3 is 0 Å². The Morgan fingerprint density at radius 2 is 1.70 bits per heavy atom. The van der Waals surface area contributed by atoms with Crippen LogP contribution in [0.15, 0.2) is 54.9 Å². The Balaban J connectivity index is 2.19. The first-order valence-corrected chi connectivity index (χ1v) is 7.85. The normalized spacial score (nSPS) is 11.0. The maximum atomic E-state index is 4.87. The van der Waals surface area contributed by atoms with Crippen molar-refractivity contribution < 1.29 is 0 Å². The third-order valence-electron chi connectivity index (χ3n) is 4.19. The van der Waals surface area contributed by atoms with Crippen LogP contribution in [0.4, 0.5) is 0 Å². The molecule has 0 fully saturated rings. The fraction of sp³-hybridized carbons (Fsp3) is 0.250. The second-order valence-corrected chi connectivity index (χ2v) is 6.35. The monoisotopic (exact) mass is 305 g/mol. The Bertz CT molecular complexity index is 854. The number of fused-ring (bicyclic) bond motifs is 1. The second kappa shape index (κ2) is 5.92. The van der Waals surface area contributed by atoms with Gasteiger partial charge in [-0.15, -0.1) is 0 Å². The lowest BCUT2D eigenvalue weighted by Crippen LogP contribution is -2.13. The summed E-state index contributed by atoms with van der Waals surface area (Å²) >= 11 is 0. The number of imidazole rings is 1. The molecule has 3 aromatic rings. The first-order chi connectivity index (χ1) is 11.0.